The van der Waals surface area contributed by atoms with Crippen molar-refractivity contribution < 1.29 is 9.18 Å². The molecule has 0 saturated heterocycles. The number of nitrogens with one attached hydrogen (secondary N) is 1. The molecule has 0 spiro atoms. The van der Waals surface area contributed by atoms with Crippen LogP contribution < -0.4 is 5.32 Å². The zero-order valence-corrected chi connectivity index (χ0v) is 15.8. The van der Waals surface area contributed by atoms with E-state index in [1.54, 1.807) is 28.2 Å². The van der Waals surface area contributed by atoms with Crippen LogP contribution in [0.4, 0.5) is 4.39 Å². The molecular weight excluding hydrogens is 369 g/mol. The largest absolute Gasteiger partial charge is 0.340 e. The average molecular weight is 385 g/mol. The number of aryl methyl sites for hydroxylation is 2. The first kappa shape index (κ1) is 16.9. The molecule has 0 aliphatic heterocycles. The Hall–Kier alpha value is -2.51. The molecule has 3 heterocycles. The summed E-state index contributed by atoms with van der Waals surface area (Å²) in [5, 5.41) is 10.4. The van der Waals surface area contributed by atoms with Crippen LogP contribution in [0.3, 0.4) is 0 Å². The zero-order valence-electron chi connectivity index (χ0n) is 14.2. The third-order valence-electron chi connectivity index (χ3n) is 4.23. The maximum absolute atomic E-state index is 13.3. The molecule has 132 valence electrons. The van der Waals surface area contributed by atoms with Crippen molar-refractivity contribution in [2.24, 2.45) is 7.05 Å². The van der Waals surface area contributed by atoms with Crippen molar-refractivity contribution in [1.29, 1.82) is 0 Å². The van der Waals surface area contributed by atoms with E-state index in [0.717, 1.165) is 26.4 Å². The van der Waals surface area contributed by atoms with Gasteiger partial charge in [-0.15, -0.1) is 22.7 Å². The summed E-state index contributed by atoms with van der Waals surface area (Å²) in [4.78, 5) is 15.5. The predicted molar refractivity (Wildman–Crippen MR) is 103 cm³/mol. The standard InChI is InChI=1S/C19H16FN3OS2/c1-11-14-10-16(26-19(14)23(2)22-11)18(24)21-17(15-4-3-9-25-15)12-5-7-13(20)8-6-12/h3-10,17H,1-2H3,(H,21,24)/t17-/m1/s1. The summed E-state index contributed by atoms with van der Waals surface area (Å²) in [6.45, 7) is 1.93. The maximum Gasteiger partial charge on any atom is 0.262 e. The highest BCUT2D eigenvalue weighted by Crippen LogP contribution is 2.30. The fraction of sp³-hybridized carbons (Fsp3) is 0.158. The summed E-state index contributed by atoms with van der Waals surface area (Å²) in [6, 6.07) is 11.7. The summed E-state index contributed by atoms with van der Waals surface area (Å²) in [6.07, 6.45) is 0. The van der Waals surface area contributed by atoms with Crippen LogP contribution in [0.2, 0.25) is 0 Å². The van der Waals surface area contributed by atoms with Gasteiger partial charge in [0.15, 0.2) is 0 Å². The number of hydrogen-bond acceptors (Lipinski definition) is 4. The van der Waals surface area contributed by atoms with Crippen LogP contribution in [0.15, 0.2) is 47.8 Å². The van der Waals surface area contributed by atoms with Gasteiger partial charge < -0.3 is 5.32 Å². The second kappa shape index (κ2) is 6.66. The van der Waals surface area contributed by atoms with E-state index in [9.17, 15) is 9.18 Å². The first-order valence-electron chi connectivity index (χ1n) is 8.06. The van der Waals surface area contributed by atoms with Crippen LogP contribution >= 0.6 is 22.7 Å². The molecule has 4 aromatic rings. The van der Waals surface area contributed by atoms with Gasteiger partial charge in [-0.25, -0.2) is 4.39 Å². The molecule has 4 rings (SSSR count). The van der Waals surface area contributed by atoms with Crippen LogP contribution in [0, 0.1) is 12.7 Å². The lowest BCUT2D eigenvalue weighted by Gasteiger charge is -2.17. The third kappa shape index (κ3) is 3.04. The number of hydrogen-bond donors (Lipinski definition) is 1. The van der Waals surface area contributed by atoms with E-state index in [2.05, 4.69) is 10.4 Å². The summed E-state index contributed by atoms with van der Waals surface area (Å²) in [5.41, 5.74) is 1.76. The van der Waals surface area contributed by atoms with E-state index in [1.165, 1.54) is 23.5 Å². The Bertz CT molecular complexity index is 1030. The Labute approximate surface area is 157 Å². The number of rotatable bonds is 4. The van der Waals surface area contributed by atoms with E-state index in [4.69, 9.17) is 0 Å². The Morgan fingerprint density at radius 2 is 2.04 bits per heavy atom. The van der Waals surface area contributed by atoms with Crippen molar-refractivity contribution in [1.82, 2.24) is 15.1 Å². The highest BCUT2D eigenvalue weighted by Gasteiger charge is 2.21. The number of amides is 1. The Morgan fingerprint density at radius 1 is 1.27 bits per heavy atom. The molecule has 4 nitrogen and oxygen atoms in total. The molecule has 26 heavy (non-hydrogen) atoms. The molecular formula is C19H16FN3OS2. The first-order valence-corrected chi connectivity index (χ1v) is 9.75. The summed E-state index contributed by atoms with van der Waals surface area (Å²) >= 11 is 2.98. The summed E-state index contributed by atoms with van der Waals surface area (Å²) in [7, 11) is 1.88. The third-order valence-corrected chi connectivity index (χ3v) is 6.36. The van der Waals surface area contributed by atoms with Gasteiger partial charge in [0.2, 0.25) is 0 Å². The smallest absolute Gasteiger partial charge is 0.262 e. The Kier molecular flexibility index (Phi) is 4.34. The fourth-order valence-electron chi connectivity index (χ4n) is 2.95. The molecule has 0 aliphatic rings. The lowest BCUT2D eigenvalue weighted by molar-refractivity contribution is 0.0947. The molecule has 0 bridgehead atoms. The van der Waals surface area contributed by atoms with Gasteiger partial charge in [0.25, 0.3) is 5.91 Å². The lowest BCUT2D eigenvalue weighted by atomic mass is 10.1. The predicted octanol–water partition coefficient (Wildman–Crippen LogP) is 4.66. The van der Waals surface area contributed by atoms with E-state index < -0.39 is 0 Å². The normalized spacial score (nSPS) is 12.4. The van der Waals surface area contributed by atoms with Crippen LogP contribution in [-0.4, -0.2) is 15.7 Å². The summed E-state index contributed by atoms with van der Waals surface area (Å²) in [5.74, 6) is -0.439. The molecule has 0 aliphatic carbocycles. The van der Waals surface area contributed by atoms with E-state index in [-0.39, 0.29) is 17.8 Å². The molecule has 1 N–H and O–H groups in total. The molecule has 0 radical (unpaired) electrons. The number of carbonyl (C=O) groups is 1. The van der Waals surface area contributed by atoms with Crippen molar-refractivity contribution in [3.05, 3.63) is 74.7 Å². The maximum atomic E-state index is 13.3. The van der Waals surface area contributed by atoms with Crippen LogP contribution in [-0.2, 0) is 7.05 Å². The minimum Gasteiger partial charge on any atom is -0.340 e. The molecule has 3 aromatic heterocycles. The minimum atomic E-state index is -0.312. The highest BCUT2D eigenvalue weighted by atomic mass is 32.1. The molecule has 1 atom stereocenters. The minimum absolute atomic E-state index is 0.145. The van der Waals surface area contributed by atoms with Gasteiger partial charge in [0.1, 0.15) is 10.6 Å². The van der Waals surface area contributed by atoms with Crippen LogP contribution in [0.5, 0.6) is 0 Å². The van der Waals surface area contributed by atoms with Crippen molar-refractivity contribution in [2.45, 2.75) is 13.0 Å². The number of nitrogens with zero attached hydrogens (tertiary/aromatic N) is 2. The van der Waals surface area contributed by atoms with Gasteiger partial charge in [-0.05, 0) is 42.1 Å². The average Bonchev–Trinajstić information content (AvgIpc) is 3.34. The number of fused-ring (bicyclic) bond motifs is 1. The molecule has 0 unspecified atom stereocenters. The van der Waals surface area contributed by atoms with Crippen molar-refractivity contribution in [3.63, 3.8) is 0 Å². The first-order chi connectivity index (χ1) is 12.5. The number of halogens is 1. The Morgan fingerprint density at radius 3 is 2.69 bits per heavy atom. The highest BCUT2D eigenvalue weighted by molar-refractivity contribution is 7.20. The number of benzene rings is 1. The molecule has 0 fully saturated rings. The Balaban J connectivity index is 1.67. The molecule has 7 heteroatoms. The molecule has 0 saturated carbocycles. The van der Waals surface area contributed by atoms with Gasteiger partial charge in [-0.1, -0.05) is 18.2 Å². The summed E-state index contributed by atoms with van der Waals surface area (Å²) < 4.78 is 15.1. The fourth-order valence-corrected chi connectivity index (χ4v) is 4.78. The van der Waals surface area contributed by atoms with Crippen molar-refractivity contribution >= 4 is 38.8 Å². The topological polar surface area (TPSA) is 46.9 Å². The van der Waals surface area contributed by atoms with Gasteiger partial charge in [-0.2, -0.15) is 5.10 Å². The number of thiophene rings is 2. The quantitative estimate of drug-likeness (QED) is 0.555. The van der Waals surface area contributed by atoms with E-state index >= 15 is 0 Å². The molecule has 1 amide bonds. The monoisotopic (exact) mass is 385 g/mol. The number of aromatic nitrogens is 2. The van der Waals surface area contributed by atoms with Gasteiger partial charge >= 0.3 is 0 Å². The SMILES string of the molecule is Cc1nn(C)c2sc(C(=O)N[C@H](c3ccc(F)cc3)c3cccs3)cc12. The zero-order chi connectivity index (χ0) is 18.3. The number of carbonyl (C=O) groups excluding carboxylic acids is 1. The van der Waals surface area contributed by atoms with Gasteiger partial charge in [0.05, 0.1) is 16.6 Å². The van der Waals surface area contributed by atoms with Crippen molar-refractivity contribution in [3.8, 4) is 0 Å². The van der Waals surface area contributed by atoms with Gasteiger partial charge in [0, 0.05) is 17.3 Å². The van der Waals surface area contributed by atoms with Gasteiger partial charge in [-0.3, -0.25) is 9.48 Å². The lowest BCUT2D eigenvalue weighted by Crippen LogP contribution is -2.28. The van der Waals surface area contributed by atoms with Crippen LogP contribution in [0.25, 0.3) is 10.2 Å². The molecule has 1 aromatic carbocycles. The van der Waals surface area contributed by atoms with Crippen molar-refractivity contribution in [2.75, 3.05) is 0 Å². The second-order valence-electron chi connectivity index (χ2n) is 6.01. The van der Waals surface area contributed by atoms with E-state index in [0.29, 0.717) is 4.88 Å². The second-order valence-corrected chi connectivity index (χ2v) is 8.02. The van der Waals surface area contributed by atoms with E-state index in [1.807, 2.05) is 37.6 Å². The van der Waals surface area contributed by atoms with Crippen LogP contribution in [0.1, 0.15) is 31.8 Å².